The van der Waals surface area contributed by atoms with Gasteiger partial charge in [0.1, 0.15) is 5.82 Å². The van der Waals surface area contributed by atoms with Crippen LogP contribution in [-0.4, -0.2) is 52.5 Å². The third kappa shape index (κ3) is 7.36. The molecule has 3 rings (SSSR count). The fourth-order valence-electron chi connectivity index (χ4n) is 3.99. The Balaban J connectivity index is 0.00000300. The molecule has 1 heterocycles. The first-order chi connectivity index (χ1) is 13.7. The first kappa shape index (κ1) is 24.3. The van der Waals surface area contributed by atoms with Crippen LogP contribution in [0.1, 0.15) is 44.1 Å². The summed E-state index contributed by atoms with van der Waals surface area (Å²) in [5.74, 6) is 1.29. The summed E-state index contributed by atoms with van der Waals surface area (Å²) in [5.41, 5.74) is 1.31. The minimum Gasteiger partial charge on any atom is -0.381 e. The van der Waals surface area contributed by atoms with E-state index in [1.165, 1.54) is 12.0 Å². The van der Waals surface area contributed by atoms with Gasteiger partial charge in [-0.15, -0.1) is 24.0 Å². The van der Waals surface area contributed by atoms with Gasteiger partial charge in [-0.25, -0.2) is 4.39 Å². The molecule has 0 atom stereocenters. The van der Waals surface area contributed by atoms with Crippen molar-refractivity contribution in [3.63, 3.8) is 0 Å². The van der Waals surface area contributed by atoms with Gasteiger partial charge in [-0.1, -0.05) is 18.6 Å². The van der Waals surface area contributed by atoms with Gasteiger partial charge in [-0.05, 0) is 55.7 Å². The average molecular weight is 519 g/mol. The molecule has 0 aromatic heterocycles. The predicted molar refractivity (Wildman–Crippen MR) is 126 cm³/mol. The van der Waals surface area contributed by atoms with Gasteiger partial charge in [0.25, 0.3) is 0 Å². The third-order valence-corrected chi connectivity index (χ3v) is 6.04. The number of hydrogen-bond acceptors (Lipinski definition) is 3. The summed E-state index contributed by atoms with van der Waals surface area (Å²) in [6.07, 6.45) is 6.66. The Morgan fingerprint density at radius 3 is 2.55 bits per heavy atom. The fraction of sp³-hybridized carbons (Fsp3) is 0.682. The normalized spacial score (nSPS) is 19.2. The van der Waals surface area contributed by atoms with E-state index in [1.807, 2.05) is 12.1 Å². The Hall–Kier alpha value is -0.930. The zero-order chi connectivity index (χ0) is 19.7. The SMILES string of the molecule is CN=C(NCCCOCC1CCOCC1)NCC1(c2ccc(F)cc2)CCC1.I. The molecule has 2 N–H and O–H groups in total. The van der Waals surface area contributed by atoms with E-state index in [0.717, 1.165) is 77.6 Å². The van der Waals surface area contributed by atoms with Crippen LogP contribution in [0.4, 0.5) is 4.39 Å². The Morgan fingerprint density at radius 2 is 1.93 bits per heavy atom. The molecule has 1 saturated heterocycles. The molecule has 0 spiro atoms. The van der Waals surface area contributed by atoms with Crippen molar-refractivity contribution in [2.75, 3.05) is 46.6 Å². The maximum Gasteiger partial charge on any atom is 0.191 e. The molecule has 0 unspecified atom stereocenters. The van der Waals surface area contributed by atoms with Crippen LogP contribution in [-0.2, 0) is 14.9 Å². The van der Waals surface area contributed by atoms with E-state index in [1.54, 1.807) is 19.2 Å². The number of benzene rings is 1. The van der Waals surface area contributed by atoms with E-state index < -0.39 is 0 Å². The molecule has 0 bridgehead atoms. The summed E-state index contributed by atoms with van der Waals surface area (Å²) < 4.78 is 24.4. The Morgan fingerprint density at radius 1 is 1.21 bits per heavy atom. The van der Waals surface area contributed by atoms with Crippen molar-refractivity contribution in [2.45, 2.75) is 43.9 Å². The van der Waals surface area contributed by atoms with Gasteiger partial charge in [0, 0.05) is 52.0 Å². The van der Waals surface area contributed by atoms with Gasteiger partial charge in [0.15, 0.2) is 5.96 Å². The standard InChI is InChI=1S/C22H34FN3O2.HI/c1-24-21(25-12-3-13-28-16-18-8-14-27-15-9-18)26-17-22(10-2-11-22)19-4-6-20(23)7-5-19;/h4-7,18H,2-3,8-17H2,1H3,(H2,24,25,26);1H. The van der Waals surface area contributed by atoms with E-state index >= 15 is 0 Å². The van der Waals surface area contributed by atoms with E-state index in [0.29, 0.717) is 5.92 Å². The number of hydrogen-bond donors (Lipinski definition) is 2. The second-order valence-corrected chi connectivity index (χ2v) is 7.98. The van der Waals surface area contributed by atoms with Gasteiger partial charge in [0.05, 0.1) is 0 Å². The van der Waals surface area contributed by atoms with Crippen molar-refractivity contribution in [3.8, 4) is 0 Å². The minimum atomic E-state index is -0.178. The van der Waals surface area contributed by atoms with Crippen molar-refractivity contribution in [3.05, 3.63) is 35.6 Å². The fourth-order valence-corrected chi connectivity index (χ4v) is 3.99. The lowest BCUT2D eigenvalue weighted by molar-refractivity contribution is 0.0203. The number of guanidine groups is 1. The quantitative estimate of drug-likeness (QED) is 0.225. The maximum absolute atomic E-state index is 13.2. The van der Waals surface area contributed by atoms with Crippen LogP contribution in [0.5, 0.6) is 0 Å². The summed E-state index contributed by atoms with van der Waals surface area (Å²) in [7, 11) is 1.79. The van der Waals surface area contributed by atoms with Gasteiger partial charge < -0.3 is 20.1 Å². The van der Waals surface area contributed by atoms with Crippen LogP contribution >= 0.6 is 24.0 Å². The lowest BCUT2D eigenvalue weighted by atomic mass is 9.64. The smallest absolute Gasteiger partial charge is 0.191 e. The number of aliphatic imine (C=N–C) groups is 1. The third-order valence-electron chi connectivity index (χ3n) is 6.04. The maximum atomic E-state index is 13.2. The summed E-state index contributed by atoms with van der Waals surface area (Å²) in [4.78, 5) is 4.33. The molecular weight excluding hydrogens is 484 g/mol. The molecule has 1 aliphatic carbocycles. The van der Waals surface area contributed by atoms with Crippen molar-refractivity contribution in [1.29, 1.82) is 0 Å². The van der Waals surface area contributed by atoms with Gasteiger partial charge in [-0.2, -0.15) is 0 Å². The number of halogens is 2. The van der Waals surface area contributed by atoms with Crippen molar-refractivity contribution >= 4 is 29.9 Å². The summed E-state index contributed by atoms with van der Waals surface area (Å²) in [5, 5.41) is 6.83. The second-order valence-electron chi connectivity index (χ2n) is 7.98. The van der Waals surface area contributed by atoms with E-state index in [4.69, 9.17) is 9.47 Å². The highest BCUT2D eigenvalue weighted by Crippen LogP contribution is 2.43. The Kier molecular flexibility index (Phi) is 10.7. The number of nitrogens with one attached hydrogen (secondary N) is 2. The summed E-state index contributed by atoms with van der Waals surface area (Å²) in [6, 6.07) is 6.95. The van der Waals surface area contributed by atoms with Gasteiger partial charge in [-0.3, -0.25) is 4.99 Å². The van der Waals surface area contributed by atoms with Crippen LogP contribution in [0, 0.1) is 11.7 Å². The van der Waals surface area contributed by atoms with Crippen molar-refractivity contribution in [2.24, 2.45) is 10.9 Å². The molecule has 1 saturated carbocycles. The number of rotatable bonds is 9. The Labute approximate surface area is 191 Å². The zero-order valence-corrected chi connectivity index (χ0v) is 19.8. The Bertz CT molecular complexity index is 617. The topological polar surface area (TPSA) is 54.9 Å². The molecule has 0 amide bonds. The molecule has 2 aliphatic rings. The minimum absolute atomic E-state index is 0. The van der Waals surface area contributed by atoms with Crippen molar-refractivity contribution in [1.82, 2.24) is 10.6 Å². The lowest BCUT2D eigenvalue weighted by Gasteiger charge is -2.43. The number of nitrogens with zero attached hydrogens (tertiary/aromatic N) is 1. The van der Waals surface area contributed by atoms with E-state index in [9.17, 15) is 4.39 Å². The van der Waals surface area contributed by atoms with Crippen molar-refractivity contribution < 1.29 is 13.9 Å². The van der Waals surface area contributed by atoms with Crippen LogP contribution in [0.3, 0.4) is 0 Å². The molecule has 1 aliphatic heterocycles. The highest BCUT2D eigenvalue weighted by atomic mass is 127. The van der Waals surface area contributed by atoms with Gasteiger partial charge >= 0.3 is 0 Å². The lowest BCUT2D eigenvalue weighted by Crippen LogP contribution is -2.49. The highest BCUT2D eigenvalue weighted by Gasteiger charge is 2.38. The molecule has 1 aromatic rings. The monoisotopic (exact) mass is 519 g/mol. The second kappa shape index (κ2) is 12.7. The molecule has 2 fully saturated rings. The van der Waals surface area contributed by atoms with E-state index in [2.05, 4.69) is 15.6 Å². The first-order valence-corrected chi connectivity index (χ1v) is 10.6. The van der Waals surface area contributed by atoms with E-state index in [-0.39, 0.29) is 35.2 Å². The number of ether oxygens (including phenoxy) is 2. The molecular formula is C22H35FIN3O2. The molecule has 5 nitrogen and oxygen atoms in total. The molecule has 1 aromatic carbocycles. The van der Waals surface area contributed by atoms with Crippen LogP contribution in [0.2, 0.25) is 0 Å². The average Bonchev–Trinajstić information content (AvgIpc) is 2.70. The van der Waals surface area contributed by atoms with Gasteiger partial charge in [0.2, 0.25) is 0 Å². The van der Waals surface area contributed by atoms with Crippen LogP contribution < -0.4 is 10.6 Å². The zero-order valence-electron chi connectivity index (χ0n) is 17.4. The summed E-state index contributed by atoms with van der Waals surface area (Å²) in [6.45, 7) is 5.00. The predicted octanol–water partition coefficient (Wildman–Crippen LogP) is 3.86. The molecule has 0 radical (unpaired) electrons. The van der Waals surface area contributed by atoms with Crippen LogP contribution in [0.15, 0.2) is 29.3 Å². The molecule has 7 heteroatoms. The first-order valence-electron chi connectivity index (χ1n) is 10.6. The highest BCUT2D eigenvalue weighted by molar-refractivity contribution is 14.0. The molecule has 29 heavy (non-hydrogen) atoms. The molecule has 164 valence electrons. The van der Waals surface area contributed by atoms with Crippen LogP contribution in [0.25, 0.3) is 0 Å². The largest absolute Gasteiger partial charge is 0.381 e. The summed E-state index contributed by atoms with van der Waals surface area (Å²) >= 11 is 0.